The van der Waals surface area contributed by atoms with Crippen LogP contribution in [-0.2, 0) is 24.0 Å². The molecular formula is C21H26F3N7O2. The van der Waals surface area contributed by atoms with E-state index in [9.17, 15) is 18.0 Å². The molecule has 2 amide bonds. The monoisotopic (exact) mass is 465 g/mol. The molecule has 12 heteroatoms. The van der Waals surface area contributed by atoms with Crippen molar-refractivity contribution in [3.05, 3.63) is 40.6 Å². The molecule has 1 atom stereocenters. The van der Waals surface area contributed by atoms with E-state index < -0.39 is 17.8 Å². The number of nitrogens with one attached hydrogen (secondary N) is 2. The normalized spacial score (nSPS) is 17.0. The molecule has 4 rings (SSSR count). The van der Waals surface area contributed by atoms with Crippen LogP contribution in [0, 0.1) is 0 Å². The van der Waals surface area contributed by atoms with Crippen molar-refractivity contribution >= 4 is 23.5 Å². The van der Waals surface area contributed by atoms with Crippen molar-refractivity contribution in [1.82, 2.24) is 19.8 Å². The number of rotatable bonds is 4. The van der Waals surface area contributed by atoms with Gasteiger partial charge in [0.25, 0.3) is 0 Å². The van der Waals surface area contributed by atoms with Gasteiger partial charge >= 0.3 is 12.2 Å². The predicted octanol–water partition coefficient (Wildman–Crippen LogP) is 3.06. The van der Waals surface area contributed by atoms with E-state index in [4.69, 9.17) is 10.5 Å². The Hall–Kier alpha value is -3.28. The van der Waals surface area contributed by atoms with Crippen molar-refractivity contribution < 1.29 is 22.7 Å². The Morgan fingerprint density at radius 2 is 1.88 bits per heavy atom. The number of anilines is 3. The number of fused-ring (bicyclic) bond motifs is 1. The lowest BCUT2D eigenvalue weighted by Gasteiger charge is -2.30. The fourth-order valence-corrected chi connectivity index (χ4v) is 3.95. The molecule has 0 spiro atoms. The third-order valence-corrected chi connectivity index (χ3v) is 5.72. The third kappa shape index (κ3) is 4.90. The first kappa shape index (κ1) is 22.9. The summed E-state index contributed by atoms with van der Waals surface area (Å²) in [5, 5.41) is 6.09. The molecule has 1 aromatic heterocycles. The van der Waals surface area contributed by atoms with Crippen molar-refractivity contribution in [1.29, 1.82) is 0 Å². The number of amides is 2. The quantitative estimate of drug-likeness (QED) is 0.596. The number of hydrogen-bond acceptors (Lipinski definition) is 7. The molecule has 9 nitrogen and oxygen atoms in total. The number of nitrogens with two attached hydrogens (primary N) is 1. The number of hydrogen-bond donors (Lipinski definition) is 3. The van der Waals surface area contributed by atoms with Crippen molar-refractivity contribution in [3.8, 4) is 0 Å². The number of nitrogen functional groups attached to an aromatic ring is 1. The van der Waals surface area contributed by atoms with E-state index in [0.717, 1.165) is 17.7 Å². The van der Waals surface area contributed by atoms with E-state index in [0.29, 0.717) is 62.4 Å². The number of nitrogens with zero attached hydrogens (tertiary/aromatic N) is 4. The van der Waals surface area contributed by atoms with Gasteiger partial charge in [-0.1, -0.05) is 0 Å². The second-order valence-corrected chi connectivity index (χ2v) is 8.06. The molecule has 2 aliphatic heterocycles. The van der Waals surface area contributed by atoms with Gasteiger partial charge in [0, 0.05) is 31.4 Å². The van der Waals surface area contributed by atoms with Gasteiger partial charge in [-0.25, -0.2) is 9.78 Å². The van der Waals surface area contributed by atoms with Crippen LogP contribution in [0.1, 0.15) is 35.3 Å². The van der Waals surface area contributed by atoms with Gasteiger partial charge in [-0.2, -0.15) is 18.2 Å². The fourth-order valence-electron chi connectivity index (χ4n) is 3.95. The summed E-state index contributed by atoms with van der Waals surface area (Å²) in [4.78, 5) is 25.3. The number of ether oxygens (including phenoxy) is 1. The highest BCUT2D eigenvalue weighted by molar-refractivity contribution is 5.76. The number of benzene rings is 1. The molecule has 33 heavy (non-hydrogen) atoms. The number of halogens is 3. The summed E-state index contributed by atoms with van der Waals surface area (Å²) in [6.45, 7) is 4.41. The molecule has 1 fully saturated rings. The minimum absolute atomic E-state index is 0.0274. The number of carbonyl (C=O) groups is 1. The Morgan fingerprint density at radius 3 is 2.55 bits per heavy atom. The summed E-state index contributed by atoms with van der Waals surface area (Å²) >= 11 is 0. The first-order chi connectivity index (χ1) is 15.7. The van der Waals surface area contributed by atoms with E-state index in [1.807, 2.05) is 0 Å². The van der Waals surface area contributed by atoms with E-state index in [-0.39, 0.29) is 11.7 Å². The predicted molar refractivity (Wildman–Crippen MR) is 117 cm³/mol. The van der Waals surface area contributed by atoms with Crippen LogP contribution in [0.5, 0.6) is 0 Å². The maximum absolute atomic E-state index is 13.2. The summed E-state index contributed by atoms with van der Waals surface area (Å²) < 4.78 is 45.0. The zero-order chi connectivity index (χ0) is 23.8. The maximum atomic E-state index is 13.2. The molecule has 0 bridgehead atoms. The Labute approximate surface area is 189 Å². The average Bonchev–Trinajstić information content (AvgIpc) is 3.22. The van der Waals surface area contributed by atoms with Gasteiger partial charge in [-0.05, 0) is 30.7 Å². The van der Waals surface area contributed by atoms with Crippen LogP contribution >= 0.6 is 0 Å². The minimum Gasteiger partial charge on any atom is -0.399 e. The lowest BCUT2D eigenvalue weighted by atomic mass is 10.0. The standard InChI is InChI=1S/C21H26F3N7O2/c1-12(13-7-14(21(22,23)24)9-15(25)8-13)27-18-16-10-31(11-17(16)28-19(26-2)29-18)20(32)30-3-5-33-6-4-30/h7-9,12H,3-6,10-11,25H2,1-2H3,(H2,26,27,28,29)/t12-/m1/s1. The molecule has 1 aromatic carbocycles. The number of aromatic nitrogens is 2. The van der Waals surface area contributed by atoms with Gasteiger partial charge in [0.15, 0.2) is 0 Å². The summed E-state index contributed by atoms with van der Waals surface area (Å²) in [5.41, 5.74) is 6.75. The number of alkyl halides is 3. The molecule has 0 radical (unpaired) electrons. The summed E-state index contributed by atoms with van der Waals surface area (Å²) in [6, 6.07) is 2.85. The van der Waals surface area contributed by atoms with Gasteiger partial charge in [0.05, 0.1) is 43.6 Å². The van der Waals surface area contributed by atoms with Gasteiger partial charge in [0.1, 0.15) is 5.82 Å². The SMILES string of the molecule is CNc1nc2c(c(N[C@H](C)c3cc(N)cc(C(F)(F)F)c3)n1)CN(C(=O)N1CCOCC1)C2. The summed E-state index contributed by atoms with van der Waals surface area (Å²) in [7, 11) is 1.67. The van der Waals surface area contributed by atoms with Crippen LogP contribution in [0.25, 0.3) is 0 Å². The van der Waals surface area contributed by atoms with E-state index in [1.54, 1.807) is 23.8 Å². The zero-order valence-corrected chi connectivity index (χ0v) is 18.4. The van der Waals surface area contributed by atoms with E-state index >= 15 is 0 Å². The molecule has 4 N–H and O–H groups in total. The second kappa shape index (κ2) is 8.93. The average molecular weight is 465 g/mol. The topological polar surface area (TPSA) is 109 Å². The van der Waals surface area contributed by atoms with Crippen LogP contribution in [0.4, 0.5) is 35.4 Å². The summed E-state index contributed by atoms with van der Waals surface area (Å²) in [6.07, 6.45) is -4.50. The van der Waals surface area contributed by atoms with Crippen LogP contribution < -0.4 is 16.4 Å². The Balaban J connectivity index is 1.58. The van der Waals surface area contributed by atoms with Crippen molar-refractivity contribution in [3.63, 3.8) is 0 Å². The highest BCUT2D eigenvalue weighted by Crippen LogP contribution is 2.35. The fraction of sp³-hybridized carbons (Fsp3) is 0.476. The second-order valence-electron chi connectivity index (χ2n) is 8.06. The number of morpholine rings is 1. The smallest absolute Gasteiger partial charge is 0.399 e. The molecule has 2 aromatic rings. The zero-order valence-electron chi connectivity index (χ0n) is 18.4. The Bertz CT molecular complexity index is 1040. The molecule has 3 heterocycles. The van der Waals surface area contributed by atoms with E-state index in [2.05, 4.69) is 20.6 Å². The Morgan fingerprint density at radius 1 is 1.15 bits per heavy atom. The van der Waals surface area contributed by atoms with Crippen molar-refractivity contribution in [2.75, 3.05) is 49.7 Å². The molecule has 178 valence electrons. The number of urea groups is 1. The lowest BCUT2D eigenvalue weighted by molar-refractivity contribution is -0.137. The number of carbonyl (C=O) groups excluding carboxylic acids is 1. The van der Waals surface area contributed by atoms with E-state index in [1.165, 1.54) is 6.07 Å². The minimum atomic E-state index is -4.50. The van der Waals surface area contributed by atoms with Crippen LogP contribution in [0.3, 0.4) is 0 Å². The third-order valence-electron chi connectivity index (χ3n) is 5.72. The molecule has 1 saturated heterocycles. The van der Waals surface area contributed by atoms with Gasteiger partial charge in [-0.3, -0.25) is 0 Å². The largest absolute Gasteiger partial charge is 0.416 e. The van der Waals surface area contributed by atoms with Crippen LogP contribution in [0.2, 0.25) is 0 Å². The molecule has 0 saturated carbocycles. The van der Waals surface area contributed by atoms with Crippen molar-refractivity contribution in [2.45, 2.75) is 32.2 Å². The first-order valence-corrected chi connectivity index (χ1v) is 10.6. The summed E-state index contributed by atoms with van der Waals surface area (Å²) in [5.74, 6) is 0.817. The first-order valence-electron chi connectivity index (χ1n) is 10.6. The molecule has 2 aliphatic rings. The van der Waals surface area contributed by atoms with Gasteiger partial charge in [-0.15, -0.1) is 0 Å². The highest BCUT2D eigenvalue weighted by Gasteiger charge is 2.33. The van der Waals surface area contributed by atoms with Crippen molar-refractivity contribution in [2.24, 2.45) is 0 Å². The molecule has 0 unspecified atom stereocenters. The molecular weight excluding hydrogens is 439 g/mol. The van der Waals surface area contributed by atoms with Gasteiger partial charge < -0.3 is 30.9 Å². The maximum Gasteiger partial charge on any atom is 0.416 e. The highest BCUT2D eigenvalue weighted by atomic mass is 19.4. The van der Waals surface area contributed by atoms with Crippen LogP contribution in [-0.4, -0.2) is 59.1 Å². The lowest BCUT2D eigenvalue weighted by Crippen LogP contribution is -2.46. The molecule has 0 aliphatic carbocycles. The van der Waals surface area contributed by atoms with Gasteiger partial charge in [0.2, 0.25) is 5.95 Å². The Kier molecular flexibility index (Phi) is 6.19. The van der Waals surface area contributed by atoms with Crippen LogP contribution in [0.15, 0.2) is 18.2 Å².